The van der Waals surface area contributed by atoms with Crippen LogP contribution in [-0.2, 0) is 0 Å². The highest BCUT2D eigenvalue weighted by atomic mass is 15.3. The number of nitrogens with zero attached hydrogens (tertiary/aromatic N) is 2. The Morgan fingerprint density at radius 1 is 0.405 bits per heavy atom. The SMILES string of the molecule is C1CCCC2CC(CCC1)N1C3=C4CC(CCCC3)C3CCCCCC(C3)N4C3=C1C2CCCCCC3. The van der Waals surface area contributed by atoms with Gasteiger partial charge in [-0.25, -0.2) is 0 Å². The lowest BCUT2D eigenvalue weighted by atomic mass is 9.71. The number of fused-ring (bicyclic) bond motifs is 11. The van der Waals surface area contributed by atoms with Crippen LogP contribution in [0.4, 0.5) is 0 Å². The van der Waals surface area contributed by atoms with Crippen LogP contribution in [0, 0.1) is 23.7 Å². The summed E-state index contributed by atoms with van der Waals surface area (Å²) < 4.78 is 0. The highest BCUT2D eigenvalue weighted by Gasteiger charge is 2.48. The average molecular weight is 505 g/mol. The average Bonchev–Trinajstić information content (AvgIpc) is 2.96. The molecule has 6 unspecified atom stereocenters. The van der Waals surface area contributed by atoms with Gasteiger partial charge in [0.25, 0.3) is 0 Å². The van der Waals surface area contributed by atoms with Crippen molar-refractivity contribution >= 4 is 0 Å². The first-order chi connectivity index (χ1) is 18.4. The third kappa shape index (κ3) is 4.84. The number of piperidine rings is 1. The molecule has 0 aromatic carbocycles. The van der Waals surface area contributed by atoms with Crippen molar-refractivity contribution in [1.82, 2.24) is 9.80 Å². The van der Waals surface area contributed by atoms with Crippen molar-refractivity contribution in [3.05, 3.63) is 22.8 Å². The summed E-state index contributed by atoms with van der Waals surface area (Å²) in [7, 11) is 0. The zero-order chi connectivity index (χ0) is 24.6. The van der Waals surface area contributed by atoms with Crippen molar-refractivity contribution in [3.8, 4) is 0 Å². The van der Waals surface area contributed by atoms with Gasteiger partial charge in [-0.2, -0.15) is 0 Å². The van der Waals surface area contributed by atoms with Crippen LogP contribution >= 0.6 is 0 Å². The quantitative estimate of drug-likeness (QED) is 0.324. The lowest BCUT2D eigenvalue weighted by molar-refractivity contribution is 0.0875. The van der Waals surface area contributed by atoms with E-state index in [1.54, 1.807) is 0 Å². The summed E-state index contributed by atoms with van der Waals surface area (Å²) in [6, 6.07) is 1.61. The van der Waals surface area contributed by atoms with Crippen molar-refractivity contribution in [2.45, 2.75) is 173 Å². The van der Waals surface area contributed by atoms with Crippen molar-refractivity contribution in [2.24, 2.45) is 23.7 Å². The maximum absolute atomic E-state index is 3.16. The summed E-state index contributed by atoms with van der Waals surface area (Å²) in [5, 5.41) is 0. The van der Waals surface area contributed by atoms with Crippen molar-refractivity contribution in [2.75, 3.05) is 0 Å². The Balaban J connectivity index is 1.39. The van der Waals surface area contributed by atoms with Gasteiger partial charge in [-0.3, -0.25) is 0 Å². The lowest BCUT2D eigenvalue weighted by Crippen LogP contribution is -2.52. The van der Waals surface area contributed by atoms with Crippen molar-refractivity contribution in [3.63, 3.8) is 0 Å². The molecule has 0 amide bonds. The molecule has 7 rings (SSSR count). The molecule has 2 nitrogen and oxygen atoms in total. The molecule has 206 valence electrons. The largest absolute Gasteiger partial charge is 0.342 e. The maximum Gasteiger partial charge on any atom is 0.0410 e. The predicted molar refractivity (Wildman–Crippen MR) is 155 cm³/mol. The minimum Gasteiger partial charge on any atom is -0.342 e. The fraction of sp³-hybridized carbons (Fsp3) is 0.886. The van der Waals surface area contributed by atoms with Gasteiger partial charge in [0.2, 0.25) is 0 Å². The number of rotatable bonds is 0. The fourth-order valence-electron chi connectivity index (χ4n) is 10.6. The molecule has 37 heavy (non-hydrogen) atoms. The van der Waals surface area contributed by atoms with Gasteiger partial charge in [0.1, 0.15) is 0 Å². The van der Waals surface area contributed by atoms with Crippen LogP contribution in [-0.4, -0.2) is 21.9 Å². The van der Waals surface area contributed by atoms with Gasteiger partial charge in [-0.05, 0) is 94.8 Å². The smallest absolute Gasteiger partial charge is 0.0410 e. The topological polar surface area (TPSA) is 6.48 Å². The Bertz CT molecular complexity index is 868. The Hall–Kier alpha value is -0.920. The summed E-state index contributed by atoms with van der Waals surface area (Å²) in [6.07, 6.45) is 36.9. The first-order valence-corrected chi connectivity index (χ1v) is 17.4. The summed E-state index contributed by atoms with van der Waals surface area (Å²) in [6.45, 7) is 0. The minimum atomic E-state index is 0.806. The van der Waals surface area contributed by atoms with E-state index < -0.39 is 0 Å². The third-order valence-electron chi connectivity index (χ3n) is 12.3. The van der Waals surface area contributed by atoms with Crippen LogP contribution in [0.5, 0.6) is 0 Å². The predicted octanol–water partition coefficient (Wildman–Crippen LogP) is 10.1. The molecule has 3 aliphatic heterocycles. The molecule has 3 heterocycles. The third-order valence-corrected chi connectivity index (χ3v) is 12.3. The van der Waals surface area contributed by atoms with E-state index in [1.165, 1.54) is 161 Å². The fourth-order valence-corrected chi connectivity index (χ4v) is 10.6. The van der Waals surface area contributed by atoms with Gasteiger partial charge < -0.3 is 9.80 Å². The zero-order valence-corrected chi connectivity index (χ0v) is 24.0. The second-order valence-electron chi connectivity index (χ2n) is 14.5. The van der Waals surface area contributed by atoms with Crippen molar-refractivity contribution < 1.29 is 0 Å². The Morgan fingerprint density at radius 2 is 0.946 bits per heavy atom. The highest BCUT2D eigenvalue weighted by Crippen LogP contribution is 2.55. The van der Waals surface area contributed by atoms with Gasteiger partial charge in [-0.1, -0.05) is 83.5 Å². The molecule has 0 aromatic heterocycles. The maximum atomic E-state index is 3.16. The Kier molecular flexibility index (Phi) is 7.65. The lowest BCUT2D eigenvalue weighted by Gasteiger charge is -2.56. The standard InChI is InChI=1S/C35H56N2/c1-2-7-17-28-24-30(19-9-3-1)37-32-21-14-13-16-27-25-34(32)36(29-18-10-6-8-15-26(27)23-29)33-22-12-5-4-11-20-31(28)35(33)37/h26-31H,1-25H2. The van der Waals surface area contributed by atoms with Gasteiger partial charge in [0.05, 0.1) is 0 Å². The van der Waals surface area contributed by atoms with Crippen LogP contribution in [0.25, 0.3) is 0 Å². The summed E-state index contributed by atoms with van der Waals surface area (Å²) >= 11 is 0. The molecule has 0 spiro atoms. The van der Waals surface area contributed by atoms with Crippen LogP contribution in [0.1, 0.15) is 161 Å². The van der Waals surface area contributed by atoms with Crippen LogP contribution < -0.4 is 0 Å². The molecular weight excluding hydrogens is 448 g/mol. The molecule has 6 bridgehead atoms. The van der Waals surface area contributed by atoms with E-state index in [0.717, 1.165) is 35.8 Å². The van der Waals surface area contributed by atoms with E-state index >= 15 is 0 Å². The molecule has 2 heteroatoms. The highest BCUT2D eigenvalue weighted by molar-refractivity contribution is 5.37. The second-order valence-corrected chi connectivity index (χ2v) is 14.5. The molecule has 6 atom stereocenters. The van der Waals surface area contributed by atoms with E-state index in [1.807, 2.05) is 22.8 Å². The second kappa shape index (κ2) is 11.3. The summed E-state index contributed by atoms with van der Waals surface area (Å²) in [4.78, 5) is 6.32. The van der Waals surface area contributed by atoms with Gasteiger partial charge in [-0.15, -0.1) is 0 Å². The molecule has 0 N–H and O–H groups in total. The van der Waals surface area contributed by atoms with Gasteiger partial charge in [0, 0.05) is 40.8 Å². The van der Waals surface area contributed by atoms with E-state index in [2.05, 4.69) is 9.80 Å². The number of hydrogen-bond donors (Lipinski definition) is 0. The van der Waals surface area contributed by atoms with E-state index in [0.29, 0.717) is 0 Å². The number of hydrogen-bond acceptors (Lipinski definition) is 2. The van der Waals surface area contributed by atoms with E-state index in [4.69, 9.17) is 0 Å². The molecule has 4 fully saturated rings. The minimum absolute atomic E-state index is 0.806. The van der Waals surface area contributed by atoms with Crippen LogP contribution in [0.15, 0.2) is 22.8 Å². The molecule has 0 radical (unpaired) electrons. The molecule has 4 aliphatic carbocycles. The Morgan fingerprint density at radius 3 is 1.81 bits per heavy atom. The summed E-state index contributed by atoms with van der Waals surface area (Å²) in [5.74, 6) is 3.77. The van der Waals surface area contributed by atoms with Gasteiger partial charge in [0.15, 0.2) is 0 Å². The Labute approximate surface area is 228 Å². The molecule has 2 saturated carbocycles. The summed E-state index contributed by atoms with van der Waals surface area (Å²) in [5.41, 5.74) is 7.58. The first-order valence-electron chi connectivity index (χ1n) is 17.4. The normalized spacial score (nSPS) is 39.6. The monoisotopic (exact) mass is 504 g/mol. The number of allylic oxidation sites excluding steroid dienone is 4. The molecule has 0 aromatic rings. The van der Waals surface area contributed by atoms with Crippen LogP contribution in [0.2, 0.25) is 0 Å². The van der Waals surface area contributed by atoms with Crippen LogP contribution in [0.3, 0.4) is 0 Å². The molecule has 7 aliphatic rings. The zero-order valence-electron chi connectivity index (χ0n) is 24.0. The van der Waals surface area contributed by atoms with Gasteiger partial charge >= 0.3 is 0 Å². The van der Waals surface area contributed by atoms with Crippen molar-refractivity contribution in [1.29, 1.82) is 0 Å². The van der Waals surface area contributed by atoms with E-state index in [-0.39, 0.29) is 0 Å². The van der Waals surface area contributed by atoms with E-state index in [9.17, 15) is 0 Å². The molecular formula is C35H56N2. The first kappa shape index (κ1) is 25.1. The molecule has 2 saturated heterocycles.